The second kappa shape index (κ2) is 9.82. The fourth-order valence-corrected chi connectivity index (χ4v) is 4.56. The molecule has 6 aromatic rings. The zero-order valence-electron chi connectivity index (χ0n) is 20.1. The van der Waals surface area contributed by atoms with Crippen molar-refractivity contribution in [2.75, 3.05) is 14.2 Å². The Bertz CT molecular complexity index is 1640. The highest BCUT2D eigenvalue weighted by Crippen LogP contribution is 2.37. The number of fused-ring (bicyclic) bond motifs is 2. The van der Waals surface area contributed by atoms with Gasteiger partial charge in [-0.3, -0.25) is 4.98 Å². The third-order valence-corrected chi connectivity index (χ3v) is 6.57. The average Bonchev–Trinajstić information content (AvgIpc) is 3.64. The van der Waals surface area contributed by atoms with Crippen LogP contribution in [0.5, 0.6) is 22.4 Å². The molecule has 0 aliphatic rings. The topological polar surface area (TPSA) is 93.1 Å². The van der Waals surface area contributed by atoms with Crippen LogP contribution in [-0.4, -0.2) is 33.8 Å². The molecule has 4 aromatic heterocycles. The van der Waals surface area contributed by atoms with Crippen LogP contribution in [0.4, 0.5) is 0 Å². The largest absolute Gasteiger partial charge is 0.496 e. The zero-order chi connectivity index (χ0) is 25.2. The highest BCUT2D eigenvalue weighted by atomic mass is 32.1. The van der Waals surface area contributed by atoms with E-state index in [0.29, 0.717) is 51.9 Å². The van der Waals surface area contributed by atoms with E-state index in [0.717, 1.165) is 22.3 Å². The van der Waals surface area contributed by atoms with Gasteiger partial charge in [0.1, 0.15) is 41.7 Å². The number of benzene rings is 2. The summed E-state index contributed by atoms with van der Waals surface area (Å²) in [5.41, 5.74) is 3.28. The summed E-state index contributed by atoms with van der Waals surface area (Å²) < 4.78 is 30.6. The van der Waals surface area contributed by atoms with E-state index in [2.05, 4.69) is 15.1 Å². The van der Waals surface area contributed by atoms with Crippen LogP contribution >= 0.6 is 11.3 Å². The number of rotatable bonds is 9. The second-order valence-electron chi connectivity index (χ2n) is 8.16. The van der Waals surface area contributed by atoms with Crippen LogP contribution in [0.2, 0.25) is 0 Å². The van der Waals surface area contributed by atoms with E-state index in [1.54, 1.807) is 37.3 Å². The number of nitrogens with zero attached hydrogens (tertiary/aromatic N) is 4. The van der Waals surface area contributed by atoms with Crippen LogP contribution in [-0.2, 0) is 13.2 Å². The summed E-state index contributed by atoms with van der Waals surface area (Å²) in [6.07, 6.45) is 5.34. The van der Waals surface area contributed by atoms with Crippen molar-refractivity contribution in [2.45, 2.75) is 13.2 Å². The number of hydrogen-bond acceptors (Lipinski definition) is 9. The van der Waals surface area contributed by atoms with Gasteiger partial charge in [0.05, 0.1) is 25.8 Å². The number of pyridine rings is 1. The van der Waals surface area contributed by atoms with Gasteiger partial charge in [-0.05, 0) is 41.2 Å². The summed E-state index contributed by atoms with van der Waals surface area (Å²) in [4.78, 5) is 9.45. The van der Waals surface area contributed by atoms with E-state index in [1.165, 1.54) is 11.3 Å². The Morgan fingerprint density at radius 2 is 1.81 bits per heavy atom. The summed E-state index contributed by atoms with van der Waals surface area (Å²) in [5, 5.41) is 5.70. The first kappa shape index (κ1) is 22.9. The van der Waals surface area contributed by atoms with Gasteiger partial charge in [-0.1, -0.05) is 18.2 Å². The van der Waals surface area contributed by atoms with Gasteiger partial charge in [0.15, 0.2) is 5.76 Å². The van der Waals surface area contributed by atoms with Crippen LogP contribution in [0.15, 0.2) is 77.6 Å². The minimum Gasteiger partial charge on any atom is -0.496 e. The van der Waals surface area contributed by atoms with Crippen molar-refractivity contribution in [2.24, 2.45) is 0 Å². The number of furan rings is 1. The van der Waals surface area contributed by atoms with Crippen molar-refractivity contribution in [3.63, 3.8) is 0 Å². The van der Waals surface area contributed by atoms with Crippen LogP contribution in [0, 0.1) is 0 Å². The summed E-state index contributed by atoms with van der Waals surface area (Å²) in [6, 6.07) is 17.3. The molecule has 0 radical (unpaired) electrons. The molecule has 0 aliphatic heterocycles. The maximum Gasteiger partial charge on any atom is 0.294 e. The molecule has 2 aromatic carbocycles. The molecular formula is C27H22N4O5S. The Labute approximate surface area is 215 Å². The summed E-state index contributed by atoms with van der Waals surface area (Å²) in [6.45, 7) is 0.789. The first-order chi connectivity index (χ1) is 18.2. The fraction of sp³-hybridized carbons (Fsp3) is 0.148. The Kier molecular flexibility index (Phi) is 6.07. The second-order valence-corrected chi connectivity index (χ2v) is 9.08. The van der Waals surface area contributed by atoms with Crippen molar-refractivity contribution < 1.29 is 23.4 Å². The van der Waals surface area contributed by atoms with Crippen molar-refractivity contribution in [3.8, 4) is 33.9 Å². The van der Waals surface area contributed by atoms with E-state index in [9.17, 15) is 0 Å². The van der Waals surface area contributed by atoms with Crippen molar-refractivity contribution in [3.05, 3.63) is 84.3 Å². The highest BCUT2D eigenvalue weighted by molar-refractivity contribution is 7.18. The molecule has 0 aliphatic carbocycles. The number of ether oxygens (including phenoxy) is 4. The molecule has 6 rings (SSSR count). The molecule has 0 bridgehead atoms. The molecule has 0 saturated heterocycles. The third-order valence-electron chi connectivity index (χ3n) is 5.68. The van der Waals surface area contributed by atoms with Gasteiger partial charge in [0, 0.05) is 30.1 Å². The minimum atomic E-state index is 0.344. The molecule has 37 heavy (non-hydrogen) atoms. The van der Waals surface area contributed by atoms with Gasteiger partial charge >= 0.3 is 0 Å². The molecule has 0 atom stereocenters. The SMILES string of the molecule is COc1cc(OCc2cccc(OCc3cccnc3)c2)c2cc(-c3cn4nc(OC)sc4n3)oc2c1. The van der Waals surface area contributed by atoms with Crippen molar-refractivity contribution >= 4 is 27.3 Å². The number of imidazole rings is 1. The van der Waals surface area contributed by atoms with Crippen molar-refractivity contribution in [1.82, 2.24) is 19.6 Å². The van der Waals surface area contributed by atoms with Crippen molar-refractivity contribution in [1.29, 1.82) is 0 Å². The molecule has 0 spiro atoms. The van der Waals surface area contributed by atoms with Gasteiger partial charge in [-0.15, -0.1) is 5.10 Å². The average molecular weight is 515 g/mol. The van der Waals surface area contributed by atoms with Crippen LogP contribution in [0.25, 0.3) is 27.4 Å². The Hall–Kier alpha value is -4.57. The van der Waals surface area contributed by atoms with Crippen LogP contribution < -0.4 is 18.9 Å². The predicted molar refractivity (Wildman–Crippen MR) is 139 cm³/mol. The van der Waals surface area contributed by atoms with Gasteiger partial charge < -0.3 is 23.4 Å². The third kappa shape index (κ3) is 4.78. The Morgan fingerprint density at radius 1 is 0.919 bits per heavy atom. The lowest BCUT2D eigenvalue weighted by Gasteiger charge is -2.11. The molecule has 0 fully saturated rings. The summed E-state index contributed by atoms with van der Waals surface area (Å²) in [5.74, 6) is 2.65. The van der Waals surface area contributed by atoms with Crippen LogP contribution in [0.3, 0.4) is 0 Å². The van der Waals surface area contributed by atoms with Gasteiger partial charge in [-0.25, -0.2) is 9.50 Å². The first-order valence-corrected chi connectivity index (χ1v) is 12.3. The van der Waals surface area contributed by atoms with Gasteiger partial charge in [0.25, 0.3) is 5.19 Å². The van der Waals surface area contributed by atoms with E-state index in [1.807, 2.05) is 54.6 Å². The normalized spacial score (nSPS) is 11.2. The first-order valence-electron chi connectivity index (χ1n) is 11.4. The molecule has 0 saturated carbocycles. The molecular weight excluding hydrogens is 492 g/mol. The van der Waals surface area contributed by atoms with E-state index in [-0.39, 0.29) is 0 Å². The quantitative estimate of drug-likeness (QED) is 0.240. The number of methoxy groups -OCH3 is 2. The fourth-order valence-electron chi connectivity index (χ4n) is 3.87. The number of aromatic nitrogens is 4. The predicted octanol–water partition coefficient (Wildman–Crippen LogP) is 5.77. The molecule has 0 N–H and O–H groups in total. The molecule has 4 heterocycles. The molecule has 10 heteroatoms. The van der Waals surface area contributed by atoms with E-state index >= 15 is 0 Å². The van der Waals surface area contributed by atoms with E-state index in [4.69, 9.17) is 23.4 Å². The lowest BCUT2D eigenvalue weighted by molar-refractivity contribution is 0.296. The van der Waals surface area contributed by atoms with E-state index < -0.39 is 0 Å². The zero-order valence-corrected chi connectivity index (χ0v) is 20.9. The van der Waals surface area contributed by atoms with Gasteiger partial charge in [-0.2, -0.15) is 0 Å². The Balaban J connectivity index is 1.23. The highest BCUT2D eigenvalue weighted by Gasteiger charge is 2.17. The summed E-state index contributed by atoms with van der Waals surface area (Å²) >= 11 is 1.36. The smallest absolute Gasteiger partial charge is 0.294 e. The summed E-state index contributed by atoms with van der Waals surface area (Å²) in [7, 11) is 3.19. The standard InChI is InChI=1S/C27H22N4O5S/c1-32-20-10-23(35-15-17-5-3-7-19(9-17)34-16-18-6-4-8-28-13-18)21-12-25(36-24(21)11-20)22-14-31-26(29-22)37-27(30-31)33-2/h3-14H,15-16H2,1-2H3. The minimum absolute atomic E-state index is 0.344. The molecule has 0 unspecified atom stereocenters. The molecule has 0 amide bonds. The Morgan fingerprint density at radius 3 is 2.62 bits per heavy atom. The monoisotopic (exact) mass is 514 g/mol. The molecule has 186 valence electrons. The maximum atomic E-state index is 6.23. The number of hydrogen-bond donors (Lipinski definition) is 0. The molecule has 9 nitrogen and oxygen atoms in total. The van der Waals surface area contributed by atoms with Gasteiger partial charge in [0.2, 0.25) is 4.96 Å². The lowest BCUT2D eigenvalue weighted by atomic mass is 10.2. The van der Waals surface area contributed by atoms with Crippen LogP contribution in [0.1, 0.15) is 11.1 Å². The maximum absolute atomic E-state index is 6.23. The lowest BCUT2D eigenvalue weighted by Crippen LogP contribution is -1.99.